The van der Waals surface area contributed by atoms with Gasteiger partial charge < -0.3 is 9.47 Å². The van der Waals surface area contributed by atoms with E-state index in [4.69, 9.17) is 9.47 Å². The summed E-state index contributed by atoms with van der Waals surface area (Å²) in [4.78, 5) is 55.7. The molecule has 1 spiro atoms. The van der Waals surface area contributed by atoms with Crippen LogP contribution in [0.2, 0.25) is 0 Å². The molecule has 0 N–H and O–H groups in total. The Morgan fingerprint density at radius 1 is 0.909 bits per heavy atom. The number of allylic oxidation sites excluding steroid dienone is 4. The highest BCUT2D eigenvalue weighted by Gasteiger charge is 2.78. The van der Waals surface area contributed by atoms with Gasteiger partial charge >= 0.3 is 17.8 Å². The first-order valence-corrected chi connectivity index (χ1v) is 24.9. The summed E-state index contributed by atoms with van der Waals surface area (Å²) in [5.41, 5.74) is 12.0. The molecule has 6 aliphatic heterocycles. The molecule has 1 saturated carbocycles. The van der Waals surface area contributed by atoms with Crippen LogP contribution in [0.3, 0.4) is 0 Å². The Morgan fingerprint density at radius 2 is 1.61 bits per heavy atom. The molecule has 1 aliphatic carbocycles. The summed E-state index contributed by atoms with van der Waals surface area (Å²) in [6.07, 6.45) is 23.9. The molecule has 10 nitrogen and oxygen atoms in total. The number of ether oxygens (including phenoxy) is 2. The van der Waals surface area contributed by atoms with Gasteiger partial charge in [0.15, 0.2) is 23.7 Å². The number of hydrogen-bond acceptors (Lipinski definition) is 6. The Hall–Kier alpha value is -5.38. The van der Waals surface area contributed by atoms with Gasteiger partial charge in [-0.25, -0.2) is 0 Å². The molecule has 1 fully saturated rings. The molecule has 6 atom stereocenters. The van der Waals surface area contributed by atoms with Crippen molar-refractivity contribution in [2.24, 2.45) is 35.5 Å². The summed E-state index contributed by atoms with van der Waals surface area (Å²) in [6, 6.07) is 0. The number of nitrogens with zero attached hydrogens (tertiary/aromatic N) is 4. The minimum Gasteiger partial charge on any atom is -0.468 e. The van der Waals surface area contributed by atoms with Crippen molar-refractivity contribution < 1.29 is 37.8 Å². The van der Waals surface area contributed by atoms with Gasteiger partial charge in [-0.15, -0.1) is 0 Å². The smallest absolute Gasteiger partial charge is 0.468 e. The van der Waals surface area contributed by atoms with E-state index < -0.39 is 17.8 Å². The molecular formula is C56H70N4O6+2. The van der Waals surface area contributed by atoms with Crippen molar-refractivity contribution in [1.29, 1.82) is 0 Å². The summed E-state index contributed by atoms with van der Waals surface area (Å²) in [7, 11) is 1.34. The molecule has 7 aliphatic rings. The molecule has 0 unspecified atom stereocenters. The van der Waals surface area contributed by atoms with Crippen molar-refractivity contribution in [3.8, 4) is 0 Å². The van der Waals surface area contributed by atoms with Crippen LogP contribution in [0, 0.1) is 42.4 Å². The largest absolute Gasteiger partial charge is 0.553 e. The molecule has 9 rings (SSSR count). The Balaban J connectivity index is 0.997. The standard InChI is InChI=1S/C56H70N4O6/c1-12-38-35(8)42-27-43-36(9)40(23-24-48(62)66-26-25-34(7)22-16-21-33(6)20-15-19-32(5)18-14-17-31(3)4)52-50-51(55(64)65-11)54(63)49-37(10)44-28-46-39(13-2)41(30-61)47-29-45(38)57(42)56(58(46)47,59(43)52)60(44)53(49)50/h12,25,27-33,36,40,51H,1,13-24,26H2,2-11H3/q+2/b34-25+/t32-,33+,36+,40+,51-,56+/m1/s1. The average molecular weight is 895 g/mol. The summed E-state index contributed by atoms with van der Waals surface area (Å²) in [5, 5.41) is 1.94. The van der Waals surface area contributed by atoms with Crippen molar-refractivity contribution in [3.05, 3.63) is 90.7 Å². The third kappa shape index (κ3) is 6.61. The number of ketones is 1. The van der Waals surface area contributed by atoms with Crippen LogP contribution < -0.4 is 10.7 Å². The van der Waals surface area contributed by atoms with Crippen LogP contribution in [0.5, 0.6) is 0 Å². The normalized spacial score (nSPS) is 23.6. The molecule has 348 valence electrons. The topological polar surface area (TPSA) is 103 Å². The van der Waals surface area contributed by atoms with E-state index in [0.717, 1.165) is 92.4 Å². The van der Waals surface area contributed by atoms with Gasteiger partial charge in [0.1, 0.15) is 17.8 Å². The van der Waals surface area contributed by atoms with Crippen molar-refractivity contribution in [2.75, 3.05) is 13.7 Å². The average Bonchev–Trinajstić information content (AvgIpc) is 4.03. The molecule has 66 heavy (non-hydrogen) atoms. The van der Waals surface area contributed by atoms with Crippen LogP contribution >= 0.6 is 0 Å². The second-order valence-electron chi connectivity index (χ2n) is 20.8. The SMILES string of the molecule is C=Cc1c(C)c2n3c1=Cc1c(C=O)c(CC)c4n1[C@@]31[N+]3=C5C(=C(C)C3=C4)C(=O)[C@H](C(=O)OC)C5=C3[C@@H](CCC(=O)OC/C=C(\C)CCC[C@@H](C)CCC[C@H](C)CCCC(C)C)[C@H](C)C(=[N+]31)C=2. The Morgan fingerprint density at radius 3 is 2.26 bits per heavy atom. The fourth-order valence-electron chi connectivity index (χ4n) is 12.8. The monoisotopic (exact) mass is 895 g/mol. The Bertz CT molecular complexity index is 2830. The van der Waals surface area contributed by atoms with Crippen molar-refractivity contribution in [1.82, 2.24) is 9.13 Å². The van der Waals surface area contributed by atoms with E-state index in [-0.39, 0.29) is 36.6 Å². The number of esters is 2. The molecule has 0 amide bonds. The van der Waals surface area contributed by atoms with Gasteiger partial charge in [-0.05, 0) is 87.5 Å². The summed E-state index contributed by atoms with van der Waals surface area (Å²) >= 11 is 0. The highest BCUT2D eigenvalue weighted by Crippen LogP contribution is 2.57. The van der Waals surface area contributed by atoms with Gasteiger partial charge in [0, 0.05) is 35.3 Å². The highest BCUT2D eigenvalue weighted by molar-refractivity contribution is 6.41. The van der Waals surface area contributed by atoms with Crippen LogP contribution in [-0.4, -0.2) is 67.4 Å². The fraction of sp³-hybridized carbons (Fsp3) is 0.536. The number of aldehydes is 1. The third-order valence-electron chi connectivity index (χ3n) is 16.3. The van der Waals surface area contributed by atoms with Gasteiger partial charge in [-0.1, -0.05) is 114 Å². The van der Waals surface area contributed by atoms with E-state index in [1.807, 2.05) is 19.1 Å². The zero-order chi connectivity index (χ0) is 47.1. The van der Waals surface area contributed by atoms with Gasteiger partial charge in [0.25, 0.3) is 0 Å². The molecule has 8 heterocycles. The summed E-state index contributed by atoms with van der Waals surface area (Å²) in [6.45, 7) is 24.4. The predicted octanol–water partition coefficient (Wildman–Crippen LogP) is 8.87. The van der Waals surface area contributed by atoms with Gasteiger partial charge in [0.2, 0.25) is 17.1 Å². The lowest BCUT2D eigenvalue weighted by Crippen LogP contribution is -2.70. The van der Waals surface area contributed by atoms with Crippen LogP contribution in [0.15, 0.2) is 46.3 Å². The molecule has 0 radical (unpaired) electrons. The molecule has 10 heteroatoms. The molecule has 2 aromatic rings. The van der Waals surface area contributed by atoms with Crippen LogP contribution in [-0.2, 0) is 36.2 Å². The quantitative estimate of drug-likeness (QED) is 0.0408. The number of hydrogen-bond donors (Lipinski definition) is 0. The third-order valence-corrected chi connectivity index (χ3v) is 16.3. The molecule has 0 bridgehead atoms. The summed E-state index contributed by atoms with van der Waals surface area (Å²) < 4.78 is 20.6. The van der Waals surface area contributed by atoms with E-state index in [1.165, 1.54) is 57.6 Å². The van der Waals surface area contributed by atoms with Crippen LogP contribution in [0.1, 0.15) is 164 Å². The maximum absolute atomic E-state index is 14.8. The number of Topliss-reactive ketones (excluding diaryl/α,β-unsaturated/α-hetero) is 1. The van der Waals surface area contributed by atoms with E-state index in [9.17, 15) is 19.2 Å². The minimum atomic E-state index is -1.15. The lowest BCUT2D eigenvalue weighted by molar-refractivity contribution is -0.839. The Kier molecular flexibility index (Phi) is 12.0. The number of methoxy groups -OCH3 is 1. The minimum absolute atomic E-state index is 0.113. The highest BCUT2D eigenvalue weighted by atomic mass is 16.5. The van der Waals surface area contributed by atoms with Gasteiger partial charge in [-0.3, -0.25) is 19.2 Å². The van der Waals surface area contributed by atoms with Crippen molar-refractivity contribution in [3.63, 3.8) is 0 Å². The molecule has 2 aromatic heterocycles. The summed E-state index contributed by atoms with van der Waals surface area (Å²) in [5.74, 6) is -1.48. The van der Waals surface area contributed by atoms with E-state index in [0.29, 0.717) is 41.2 Å². The molecule has 0 aromatic carbocycles. The lowest BCUT2D eigenvalue weighted by Gasteiger charge is -2.39. The Labute approximate surface area is 390 Å². The second-order valence-corrected chi connectivity index (χ2v) is 20.8. The van der Waals surface area contributed by atoms with Crippen LogP contribution in [0.25, 0.3) is 24.3 Å². The number of carbonyl (C=O) groups is 4. The van der Waals surface area contributed by atoms with Crippen molar-refractivity contribution >= 4 is 59.7 Å². The fourth-order valence-corrected chi connectivity index (χ4v) is 12.8. The first-order chi connectivity index (χ1) is 31.7. The van der Waals surface area contributed by atoms with Crippen LogP contribution in [0.4, 0.5) is 0 Å². The molecular weight excluding hydrogens is 825 g/mol. The number of rotatable bonds is 21. The first-order valence-electron chi connectivity index (χ1n) is 24.9. The van der Waals surface area contributed by atoms with E-state index in [2.05, 4.69) is 98.5 Å². The zero-order valence-electron chi connectivity index (χ0n) is 41.1. The van der Waals surface area contributed by atoms with E-state index in [1.54, 1.807) is 0 Å². The predicted molar refractivity (Wildman–Crippen MR) is 259 cm³/mol. The number of carbonyl (C=O) groups excluding carboxylic acids is 4. The van der Waals surface area contributed by atoms with Gasteiger partial charge in [-0.2, -0.15) is 9.13 Å². The number of aromatic nitrogens is 2. The van der Waals surface area contributed by atoms with Gasteiger partial charge in [0.05, 0.1) is 41.0 Å². The maximum atomic E-state index is 14.8. The van der Waals surface area contributed by atoms with E-state index >= 15 is 0 Å². The van der Waals surface area contributed by atoms with Crippen molar-refractivity contribution in [2.45, 2.75) is 145 Å². The first kappa shape index (κ1) is 45.8. The lowest BCUT2D eigenvalue weighted by atomic mass is 9.83. The second kappa shape index (κ2) is 17.4. The molecule has 0 saturated heterocycles. The zero-order valence-corrected chi connectivity index (χ0v) is 41.1. The maximum Gasteiger partial charge on any atom is 0.553 e.